The van der Waals surface area contributed by atoms with Crippen LogP contribution in [0.1, 0.15) is 11.1 Å². The minimum absolute atomic E-state index is 0.0384. The van der Waals surface area contributed by atoms with Crippen LogP contribution in [0, 0.1) is 6.92 Å². The summed E-state index contributed by atoms with van der Waals surface area (Å²) in [5.41, 5.74) is 4.66. The summed E-state index contributed by atoms with van der Waals surface area (Å²) in [5, 5.41) is 3.92. The van der Waals surface area contributed by atoms with Gasteiger partial charge in [0.15, 0.2) is 0 Å². The number of carbonyl (C=O) groups is 1. The number of anilines is 1. The van der Waals surface area contributed by atoms with E-state index in [2.05, 4.69) is 31.2 Å². The standard InChI is InChI=1S/C21H16BrN3OS/c1-13-4-7-15(20-25-17-3-2-10-23-21(17)27-20)12-18(13)24-19(26)11-14-5-8-16(22)9-6-14/h2-10,12H,11H2,1H3,(H,24,26). The average Bonchev–Trinajstić information content (AvgIpc) is 3.09. The monoisotopic (exact) mass is 437 g/mol. The van der Waals surface area contributed by atoms with Gasteiger partial charge in [-0.2, -0.15) is 0 Å². The van der Waals surface area contributed by atoms with E-state index in [1.165, 1.54) is 0 Å². The Morgan fingerprint density at radius 3 is 2.74 bits per heavy atom. The van der Waals surface area contributed by atoms with Gasteiger partial charge in [0.1, 0.15) is 15.4 Å². The molecule has 0 aliphatic carbocycles. The van der Waals surface area contributed by atoms with Crippen LogP contribution in [0.3, 0.4) is 0 Å². The Morgan fingerprint density at radius 2 is 1.96 bits per heavy atom. The third kappa shape index (κ3) is 4.07. The van der Waals surface area contributed by atoms with Crippen LogP contribution < -0.4 is 5.32 Å². The second kappa shape index (κ2) is 7.58. The molecular formula is C21H16BrN3OS. The fourth-order valence-corrected chi connectivity index (χ4v) is 3.93. The summed E-state index contributed by atoms with van der Waals surface area (Å²) in [5.74, 6) is -0.0384. The van der Waals surface area contributed by atoms with Gasteiger partial charge in [-0.05, 0) is 48.4 Å². The number of pyridine rings is 1. The Bertz CT molecular complexity index is 1090. The number of nitrogens with one attached hydrogen (secondary N) is 1. The summed E-state index contributed by atoms with van der Waals surface area (Å²) in [6.07, 6.45) is 2.11. The van der Waals surface area contributed by atoms with Gasteiger partial charge in [0, 0.05) is 21.9 Å². The Kier molecular flexibility index (Phi) is 5.01. The number of fused-ring (bicyclic) bond motifs is 1. The molecule has 27 heavy (non-hydrogen) atoms. The van der Waals surface area contributed by atoms with Crippen molar-refractivity contribution in [1.82, 2.24) is 9.97 Å². The summed E-state index contributed by atoms with van der Waals surface area (Å²) < 4.78 is 1.00. The topological polar surface area (TPSA) is 54.9 Å². The number of halogens is 1. The molecular weight excluding hydrogens is 422 g/mol. The number of nitrogens with zero attached hydrogens (tertiary/aromatic N) is 2. The molecule has 0 saturated carbocycles. The summed E-state index contributed by atoms with van der Waals surface area (Å²) in [6.45, 7) is 1.99. The number of rotatable bonds is 4. The molecule has 4 rings (SSSR count). The Labute approximate surface area is 169 Å². The number of carbonyl (C=O) groups excluding carboxylic acids is 1. The lowest BCUT2D eigenvalue weighted by atomic mass is 10.1. The second-order valence-electron chi connectivity index (χ2n) is 6.23. The van der Waals surface area contributed by atoms with Gasteiger partial charge in [-0.1, -0.05) is 51.5 Å². The lowest BCUT2D eigenvalue weighted by Gasteiger charge is -2.10. The van der Waals surface area contributed by atoms with Crippen LogP contribution in [-0.4, -0.2) is 15.9 Å². The summed E-state index contributed by atoms with van der Waals surface area (Å²) in [6, 6.07) is 17.6. The molecule has 1 N–H and O–H groups in total. The van der Waals surface area contributed by atoms with E-state index in [9.17, 15) is 4.79 Å². The number of aromatic nitrogens is 2. The smallest absolute Gasteiger partial charge is 0.228 e. The highest BCUT2D eigenvalue weighted by Crippen LogP contribution is 2.31. The molecule has 0 atom stereocenters. The zero-order chi connectivity index (χ0) is 18.8. The van der Waals surface area contributed by atoms with E-state index in [1.807, 2.05) is 61.5 Å². The number of amides is 1. The van der Waals surface area contributed by atoms with Crippen LogP contribution >= 0.6 is 27.3 Å². The first-order valence-electron chi connectivity index (χ1n) is 8.45. The fraction of sp³-hybridized carbons (Fsp3) is 0.0952. The van der Waals surface area contributed by atoms with Gasteiger partial charge >= 0.3 is 0 Å². The third-order valence-electron chi connectivity index (χ3n) is 4.20. The molecule has 4 aromatic rings. The second-order valence-corrected chi connectivity index (χ2v) is 8.12. The van der Waals surface area contributed by atoms with E-state index in [4.69, 9.17) is 0 Å². The quantitative estimate of drug-likeness (QED) is 0.451. The van der Waals surface area contributed by atoms with Crippen molar-refractivity contribution in [2.45, 2.75) is 13.3 Å². The van der Waals surface area contributed by atoms with Crippen molar-refractivity contribution >= 4 is 49.2 Å². The maximum absolute atomic E-state index is 12.5. The molecule has 2 aromatic carbocycles. The van der Waals surface area contributed by atoms with Crippen LogP contribution in [0.2, 0.25) is 0 Å². The van der Waals surface area contributed by atoms with Gasteiger partial charge in [-0.15, -0.1) is 0 Å². The van der Waals surface area contributed by atoms with Crippen molar-refractivity contribution in [1.29, 1.82) is 0 Å². The molecule has 0 saturated heterocycles. The van der Waals surface area contributed by atoms with Gasteiger partial charge in [0.05, 0.1) is 6.42 Å². The number of hydrogen-bond donors (Lipinski definition) is 1. The van der Waals surface area contributed by atoms with Gasteiger partial charge < -0.3 is 5.32 Å². The molecule has 2 heterocycles. The van der Waals surface area contributed by atoms with Crippen LogP contribution in [0.25, 0.3) is 20.9 Å². The molecule has 0 aliphatic rings. The molecule has 0 radical (unpaired) electrons. The first-order valence-corrected chi connectivity index (χ1v) is 10.1. The molecule has 0 aliphatic heterocycles. The van der Waals surface area contributed by atoms with Crippen LogP contribution in [0.5, 0.6) is 0 Å². The van der Waals surface area contributed by atoms with Gasteiger partial charge in [-0.25, -0.2) is 9.97 Å². The van der Waals surface area contributed by atoms with Crippen molar-refractivity contribution in [3.63, 3.8) is 0 Å². The zero-order valence-corrected chi connectivity index (χ0v) is 17.0. The largest absolute Gasteiger partial charge is 0.326 e. The summed E-state index contributed by atoms with van der Waals surface area (Å²) in [7, 11) is 0. The maximum Gasteiger partial charge on any atom is 0.228 e. The van der Waals surface area contributed by atoms with Crippen molar-refractivity contribution in [2.24, 2.45) is 0 Å². The number of hydrogen-bond acceptors (Lipinski definition) is 4. The van der Waals surface area contributed by atoms with E-state index in [0.717, 1.165) is 42.2 Å². The number of aryl methyl sites for hydroxylation is 1. The third-order valence-corrected chi connectivity index (χ3v) is 5.76. The van der Waals surface area contributed by atoms with Crippen molar-refractivity contribution in [2.75, 3.05) is 5.32 Å². The lowest BCUT2D eigenvalue weighted by Crippen LogP contribution is -2.15. The van der Waals surface area contributed by atoms with Crippen LogP contribution in [0.4, 0.5) is 5.69 Å². The predicted octanol–water partition coefficient (Wildman–Crippen LogP) is 5.61. The lowest BCUT2D eigenvalue weighted by molar-refractivity contribution is -0.115. The molecule has 4 nitrogen and oxygen atoms in total. The Balaban J connectivity index is 1.56. The highest BCUT2D eigenvalue weighted by Gasteiger charge is 2.11. The summed E-state index contributed by atoms with van der Waals surface area (Å²) in [4.78, 5) is 22.4. The molecule has 0 bridgehead atoms. The SMILES string of the molecule is Cc1ccc(-c2nc3cccnc3s2)cc1NC(=O)Cc1ccc(Br)cc1. The van der Waals surface area contributed by atoms with Crippen LogP contribution in [0.15, 0.2) is 65.3 Å². The molecule has 134 valence electrons. The highest BCUT2D eigenvalue weighted by atomic mass is 79.9. The minimum Gasteiger partial charge on any atom is -0.326 e. The van der Waals surface area contributed by atoms with Gasteiger partial charge in [-0.3, -0.25) is 4.79 Å². The first-order chi connectivity index (χ1) is 13.1. The Hall–Kier alpha value is -2.57. The van der Waals surface area contributed by atoms with E-state index in [-0.39, 0.29) is 5.91 Å². The maximum atomic E-state index is 12.5. The first kappa shape index (κ1) is 17.8. The van der Waals surface area contributed by atoms with Gasteiger partial charge in [0.25, 0.3) is 0 Å². The van der Waals surface area contributed by atoms with E-state index < -0.39 is 0 Å². The summed E-state index contributed by atoms with van der Waals surface area (Å²) >= 11 is 4.96. The molecule has 2 aromatic heterocycles. The van der Waals surface area contributed by atoms with E-state index in [0.29, 0.717) is 6.42 Å². The normalized spacial score (nSPS) is 10.9. The number of benzene rings is 2. The number of thiazole rings is 1. The molecule has 1 amide bonds. The van der Waals surface area contributed by atoms with E-state index >= 15 is 0 Å². The zero-order valence-electron chi connectivity index (χ0n) is 14.6. The Morgan fingerprint density at radius 1 is 1.15 bits per heavy atom. The molecule has 0 spiro atoms. The highest BCUT2D eigenvalue weighted by molar-refractivity contribution is 9.10. The molecule has 0 fully saturated rings. The average molecular weight is 438 g/mol. The molecule has 0 unspecified atom stereocenters. The van der Waals surface area contributed by atoms with Crippen LogP contribution in [-0.2, 0) is 11.2 Å². The van der Waals surface area contributed by atoms with E-state index in [1.54, 1.807) is 17.5 Å². The van der Waals surface area contributed by atoms with Crippen molar-refractivity contribution in [3.05, 3.63) is 76.4 Å². The van der Waals surface area contributed by atoms with Gasteiger partial charge in [0.2, 0.25) is 5.91 Å². The predicted molar refractivity (Wildman–Crippen MR) is 114 cm³/mol. The van der Waals surface area contributed by atoms with Crippen molar-refractivity contribution in [3.8, 4) is 10.6 Å². The molecule has 6 heteroatoms. The fourth-order valence-electron chi connectivity index (χ4n) is 2.77. The van der Waals surface area contributed by atoms with Crippen molar-refractivity contribution < 1.29 is 4.79 Å². The minimum atomic E-state index is -0.0384.